The second kappa shape index (κ2) is 12.6. The van der Waals surface area contributed by atoms with E-state index >= 15 is 0 Å². The lowest BCUT2D eigenvalue weighted by Gasteiger charge is -2.23. The zero-order chi connectivity index (χ0) is 25.3. The smallest absolute Gasteiger partial charge is 0.307 e. The maximum absolute atomic E-state index is 13.5. The van der Waals surface area contributed by atoms with Crippen LogP contribution in [0.5, 0.6) is 0 Å². The third-order valence-corrected chi connectivity index (χ3v) is 7.56. The molecule has 186 valence electrons. The number of sulfonamides is 1. The van der Waals surface area contributed by atoms with E-state index in [1.54, 1.807) is 30.3 Å². The Hall–Kier alpha value is -3.07. The molecule has 0 saturated heterocycles. The molecule has 0 saturated carbocycles. The van der Waals surface area contributed by atoms with Gasteiger partial charge in [-0.1, -0.05) is 74.7 Å². The van der Waals surface area contributed by atoms with Gasteiger partial charge in [-0.25, -0.2) is 8.42 Å². The fraction of sp³-hybridized carbons (Fsp3) is 0.333. The maximum Gasteiger partial charge on any atom is 0.307 e. The highest BCUT2D eigenvalue weighted by atomic mass is 32.2. The van der Waals surface area contributed by atoms with Crippen molar-refractivity contribution in [2.24, 2.45) is 0 Å². The number of unbranched alkanes of at least 4 members (excludes halogenated alkanes) is 2. The van der Waals surface area contributed by atoms with Gasteiger partial charge >= 0.3 is 5.97 Å². The molecule has 0 amide bonds. The van der Waals surface area contributed by atoms with E-state index < -0.39 is 22.1 Å². The van der Waals surface area contributed by atoms with Crippen LogP contribution < -0.4 is 0 Å². The van der Waals surface area contributed by atoms with Crippen LogP contribution in [0.3, 0.4) is 0 Å². The Bertz CT molecular complexity index is 1200. The molecule has 0 fully saturated rings. The molecule has 7 nitrogen and oxygen atoms in total. The van der Waals surface area contributed by atoms with Crippen molar-refractivity contribution < 1.29 is 23.4 Å². The number of aliphatic hydroxyl groups excluding tert-OH is 1. The number of nitrogens with zero attached hydrogens (tertiary/aromatic N) is 2. The number of carboxylic acids is 1. The molecule has 35 heavy (non-hydrogen) atoms. The zero-order valence-corrected chi connectivity index (χ0v) is 20.7. The summed E-state index contributed by atoms with van der Waals surface area (Å²) in [5, 5.41) is 19.5. The van der Waals surface area contributed by atoms with Gasteiger partial charge in [0.15, 0.2) is 0 Å². The minimum Gasteiger partial charge on any atom is -0.481 e. The lowest BCUT2D eigenvalue weighted by Crippen LogP contribution is -2.30. The van der Waals surface area contributed by atoms with Gasteiger partial charge in [0.1, 0.15) is 4.90 Å². The van der Waals surface area contributed by atoms with Crippen molar-refractivity contribution in [3.05, 3.63) is 95.3 Å². The molecule has 3 aromatic rings. The minimum absolute atomic E-state index is 0.0755. The lowest BCUT2D eigenvalue weighted by atomic mass is 10.0. The standard InChI is InChI=1S/C27H32N2O5S/c1-2-3-4-10-26(30)24-13-11-21(12-14-24)19-29(35(33,34)25-9-6-15-28-18-25)20-23-8-5-7-22(16-23)17-27(31)32/h5-9,11-16,18,26,30H,2-4,10,17,19-20H2,1H3,(H,31,32). The van der Waals surface area contributed by atoms with Gasteiger partial charge in [0.25, 0.3) is 0 Å². The van der Waals surface area contributed by atoms with Crippen LogP contribution in [0.1, 0.15) is 61.0 Å². The molecule has 1 atom stereocenters. The molecule has 1 aromatic heterocycles. The average molecular weight is 497 g/mol. The van der Waals surface area contributed by atoms with Gasteiger partial charge in [-0.2, -0.15) is 4.31 Å². The van der Waals surface area contributed by atoms with Crippen LogP contribution in [0.25, 0.3) is 0 Å². The normalized spacial score (nSPS) is 12.5. The van der Waals surface area contributed by atoms with Crippen molar-refractivity contribution >= 4 is 16.0 Å². The molecule has 0 aliphatic carbocycles. The number of aromatic nitrogens is 1. The predicted octanol–water partition coefficient (Wildman–Crippen LogP) is 4.71. The topological polar surface area (TPSA) is 108 Å². The van der Waals surface area contributed by atoms with E-state index in [1.165, 1.54) is 22.8 Å². The number of hydrogen-bond donors (Lipinski definition) is 2. The van der Waals surface area contributed by atoms with Gasteiger partial charge < -0.3 is 10.2 Å². The van der Waals surface area contributed by atoms with E-state index in [4.69, 9.17) is 5.11 Å². The van der Waals surface area contributed by atoms with Crippen LogP contribution in [-0.2, 0) is 34.3 Å². The number of hydrogen-bond acceptors (Lipinski definition) is 5. The van der Waals surface area contributed by atoms with Crippen LogP contribution in [0, 0.1) is 0 Å². The fourth-order valence-electron chi connectivity index (χ4n) is 3.89. The Morgan fingerprint density at radius 1 is 0.971 bits per heavy atom. The molecule has 0 aliphatic rings. The molecule has 2 aromatic carbocycles. The van der Waals surface area contributed by atoms with Crippen molar-refractivity contribution in [2.75, 3.05) is 0 Å². The van der Waals surface area contributed by atoms with Crippen LogP contribution in [0.2, 0.25) is 0 Å². The third kappa shape index (κ3) is 7.71. The Balaban J connectivity index is 1.85. The van der Waals surface area contributed by atoms with E-state index in [1.807, 2.05) is 24.3 Å². The second-order valence-corrected chi connectivity index (χ2v) is 10.5. The van der Waals surface area contributed by atoms with Gasteiger partial charge in [0.2, 0.25) is 10.0 Å². The summed E-state index contributed by atoms with van der Waals surface area (Å²) in [6.45, 7) is 2.31. The van der Waals surface area contributed by atoms with Gasteiger partial charge in [0.05, 0.1) is 12.5 Å². The SMILES string of the molecule is CCCCCC(O)c1ccc(CN(Cc2cccc(CC(=O)O)c2)S(=O)(=O)c2cccnc2)cc1. The van der Waals surface area contributed by atoms with E-state index in [0.717, 1.165) is 30.4 Å². The first-order chi connectivity index (χ1) is 16.8. The maximum atomic E-state index is 13.5. The first-order valence-electron chi connectivity index (χ1n) is 11.8. The first kappa shape index (κ1) is 26.5. The zero-order valence-electron chi connectivity index (χ0n) is 19.9. The van der Waals surface area contributed by atoms with Crippen LogP contribution in [-0.4, -0.2) is 33.9 Å². The number of carbonyl (C=O) groups is 1. The van der Waals surface area contributed by atoms with Crippen molar-refractivity contribution in [2.45, 2.75) is 63.1 Å². The molecule has 1 heterocycles. The summed E-state index contributed by atoms with van der Waals surface area (Å²) in [6.07, 6.45) is 5.98. The van der Waals surface area contributed by atoms with Gasteiger partial charge in [-0.3, -0.25) is 9.78 Å². The highest BCUT2D eigenvalue weighted by Gasteiger charge is 2.25. The Kier molecular flexibility index (Phi) is 9.54. The highest BCUT2D eigenvalue weighted by Crippen LogP contribution is 2.24. The Morgan fingerprint density at radius 3 is 2.34 bits per heavy atom. The summed E-state index contributed by atoms with van der Waals surface area (Å²) < 4.78 is 28.3. The third-order valence-electron chi connectivity index (χ3n) is 5.78. The Labute approximate surface area is 207 Å². The monoisotopic (exact) mass is 496 g/mol. The summed E-state index contributed by atoms with van der Waals surface area (Å²) in [5.74, 6) is -0.945. The highest BCUT2D eigenvalue weighted by molar-refractivity contribution is 7.89. The Morgan fingerprint density at radius 2 is 1.69 bits per heavy atom. The quantitative estimate of drug-likeness (QED) is 0.332. The van der Waals surface area contributed by atoms with Gasteiger partial charge in [-0.05, 0) is 40.8 Å². The summed E-state index contributed by atoms with van der Waals surface area (Å²) in [7, 11) is -3.87. The molecule has 0 spiro atoms. The summed E-state index contributed by atoms with van der Waals surface area (Å²) in [5.41, 5.74) is 2.89. The number of benzene rings is 2. The molecule has 0 bridgehead atoms. The predicted molar refractivity (Wildman–Crippen MR) is 134 cm³/mol. The van der Waals surface area contributed by atoms with Crippen molar-refractivity contribution in [1.29, 1.82) is 0 Å². The van der Waals surface area contributed by atoms with Crippen LogP contribution >= 0.6 is 0 Å². The largest absolute Gasteiger partial charge is 0.481 e. The minimum atomic E-state index is -3.87. The van der Waals surface area contributed by atoms with E-state index in [-0.39, 0.29) is 24.4 Å². The summed E-state index contributed by atoms with van der Waals surface area (Å²) in [6, 6.07) is 17.4. The van der Waals surface area contributed by atoms with E-state index in [2.05, 4.69) is 11.9 Å². The fourth-order valence-corrected chi connectivity index (χ4v) is 5.27. The number of pyridine rings is 1. The molecule has 8 heteroatoms. The van der Waals surface area contributed by atoms with E-state index in [9.17, 15) is 18.3 Å². The molecule has 3 rings (SSSR count). The molecular weight excluding hydrogens is 464 g/mol. The van der Waals surface area contributed by atoms with Gasteiger partial charge in [0, 0.05) is 25.5 Å². The number of aliphatic hydroxyl groups is 1. The van der Waals surface area contributed by atoms with Gasteiger partial charge in [-0.15, -0.1) is 0 Å². The summed E-state index contributed by atoms with van der Waals surface area (Å²) in [4.78, 5) is 15.2. The molecule has 1 unspecified atom stereocenters. The average Bonchev–Trinajstić information content (AvgIpc) is 2.84. The van der Waals surface area contributed by atoms with E-state index in [0.29, 0.717) is 17.5 Å². The lowest BCUT2D eigenvalue weighted by molar-refractivity contribution is -0.136. The van der Waals surface area contributed by atoms with Crippen LogP contribution in [0.15, 0.2) is 78.0 Å². The second-order valence-electron chi connectivity index (χ2n) is 8.61. The number of aliphatic carboxylic acids is 1. The molecule has 2 N–H and O–H groups in total. The number of rotatable bonds is 13. The molecular formula is C27H32N2O5S. The summed E-state index contributed by atoms with van der Waals surface area (Å²) >= 11 is 0. The van der Waals surface area contributed by atoms with Crippen molar-refractivity contribution in [1.82, 2.24) is 9.29 Å². The van der Waals surface area contributed by atoms with Crippen molar-refractivity contribution in [3.63, 3.8) is 0 Å². The molecule has 0 radical (unpaired) electrons. The van der Waals surface area contributed by atoms with Crippen LogP contribution in [0.4, 0.5) is 0 Å². The first-order valence-corrected chi connectivity index (χ1v) is 13.2. The van der Waals surface area contributed by atoms with Crippen molar-refractivity contribution in [3.8, 4) is 0 Å². The number of carboxylic acid groups (broad SMARTS) is 1. The molecule has 0 aliphatic heterocycles.